The fourth-order valence-electron chi connectivity index (χ4n) is 1.80. The number of methoxy groups -OCH3 is 1. The van der Waals surface area contributed by atoms with E-state index in [-0.39, 0.29) is 5.91 Å². The highest BCUT2D eigenvalue weighted by molar-refractivity contribution is 5.86. The third-order valence-corrected chi connectivity index (χ3v) is 3.12. The summed E-state index contributed by atoms with van der Waals surface area (Å²) in [6.45, 7) is 5.71. The maximum atomic E-state index is 12.1. The van der Waals surface area contributed by atoms with Gasteiger partial charge in [-0.2, -0.15) is 0 Å². The van der Waals surface area contributed by atoms with Crippen LogP contribution in [-0.4, -0.2) is 43.2 Å². The molecule has 4 heteroatoms. The molecule has 0 heterocycles. The number of amides is 1. The summed E-state index contributed by atoms with van der Waals surface area (Å²) in [5.74, 6) is 0.436. The number of hydrogen-bond donors (Lipinski definition) is 1. The molecular weight excluding hydrogens is 192 g/mol. The van der Waals surface area contributed by atoms with E-state index in [0.29, 0.717) is 25.6 Å². The van der Waals surface area contributed by atoms with Gasteiger partial charge in [0.25, 0.3) is 0 Å². The number of rotatable bonds is 6. The first-order chi connectivity index (χ1) is 7.04. The van der Waals surface area contributed by atoms with Gasteiger partial charge >= 0.3 is 0 Å². The third-order valence-electron chi connectivity index (χ3n) is 3.12. The summed E-state index contributed by atoms with van der Waals surface area (Å²) in [5, 5.41) is 0. The van der Waals surface area contributed by atoms with Gasteiger partial charge in [0.2, 0.25) is 5.91 Å². The van der Waals surface area contributed by atoms with Crippen molar-refractivity contribution in [2.45, 2.75) is 32.2 Å². The smallest absolute Gasteiger partial charge is 0.242 e. The molecule has 0 spiro atoms. The predicted octanol–water partition coefficient (Wildman–Crippen LogP) is 0.609. The van der Waals surface area contributed by atoms with E-state index in [1.165, 1.54) is 0 Å². The molecule has 1 aliphatic carbocycles. The molecule has 4 nitrogen and oxygen atoms in total. The van der Waals surface area contributed by atoms with Crippen molar-refractivity contribution in [1.29, 1.82) is 0 Å². The van der Waals surface area contributed by atoms with Crippen LogP contribution in [0.15, 0.2) is 0 Å². The fourth-order valence-corrected chi connectivity index (χ4v) is 1.80. The second kappa shape index (κ2) is 4.94. The van der Waals surface area contributed by atoms with Crippen molar-refractivity contribution in [3.05, 3.63) is 0 Å². The Kier molecular flexibility index (Phi) is 4.11. The van der Waals surface area contributed by atoms with Crippen LogP contribution in [0.2, 0.25) is 0 Å². The van der Waals surface area contributed by atoms with Gasteiger partial charge in [-0.1, -0.05) is 0 Å². The van der Waals surface area contributed by atoms with E-state index < -0.39 is 5.54 Å². The van der Waals surface area contributed by atoms with Crippen molar-refractivity contribution in [2.24, 2.45) is 11.7 Å². The molecule has 0 aliphatic heterocycles. The van der Waals surface area contributed by atoms with Crippen LogP contribution in [0.4, 0.5) is 0 Å². The average molecular weight is 214 g/mol. The lowest BCUT2D eigenvalue weighted by atomic mass is 9.95. The minimum atomic E-state index is -0.677. The van der Waals surface area contributed by atoms with Gasteiger partial charge in [0.1, 0.15) is 0 Å². The van der Waals surface area contributed by atoms with Crippen molar-refractivity contribution >= 4 is 5.91 Å². The van der Waals surface area contributed by atoms with Crippen LogP contribution in [0.5, 0.6) is 0 Å². The first-order valence-electron chi connectivity index (χ1n) is 5.61. The molecule has 1 saturated carbocycles. The van der Waals surface area contributed by atoms with Gasteiger partial charge in [0.05, 0.1) is 12.1 Å². The van der Waals surface area contributed by atoms with Crippen LogP contribution in [0.3, 0.4) is 0 Å². The first-order valence-corrected chi connectivity index (χ1v) is 5.61. The van der Waals surface area contributed by atoms with E-state index in [4.69, 9.17) is 10.5 Å². The van der Waals surface area contributed by atoms with E-state index in [1.54, 1.807) is 12.0 Å². The van der Waals surface area contributed by atoms with Gasteiger partial charge in [-0.3, -0.25) is 4.79 Å². The number of nitrogens with zero attached hydrogens (tertiary/aromatic N) is 1. The molecule has 1 atom stereocenters. The summed E-state index contributed by atoms with van der Waals surface area (Å²) in [5.41, 5.74) is 5.40. The molecular formula is C11H22N2O2. The van der Waals surface area contributed by atoms with E-state index in [9.17, 15) is 4.79 Å². The number of likely N-dealkylation sites (N-methyl/N-ethyl adjacent to an activating group) is 1. The topological polar surface area (TPSA) is 55.6 Å². The Morgan fingerprint density at radius 3 is 2.60 bits per heavy atom. The molecule has 1 aliphatic rings. The minimum absolute atomic E-state index is 0.0598. The van der Waals surface area contributed by atoms with E-state index in [2.05, 4.69) is 0 Å². The fraction of sp³-hybridized carbons (Fsp3) is 0.909. The highest BCUT2D eigenvalue weighted by Gasteiger charge is 2.45. The standard InChI is InChI=1S/C11H22N2O2/c1-4-13(7-8-15-3)10(14)11(2,12)9-5-6-9/h9H,4-8,12H2,1-3H3. The Bertz CT molecular complexity index is 225. The molecule has 0 aromatic heterocycles. The minimum Gasteiger partial charge on any atom is -0.383 e. The Morgan fingerprint density at radius 2 is 2.20 bits per heavy atom. The van der Waals surface area contributed by atoms with Gasteiger partial charge in [-0.25, -0.2) is 0 Å². The summed E-state index contributed by atoms with van der Waals surface area (Å²) >= 11 is 0. The number of nitrogens with two attached hydrogens (primary N) is 1. The van der Waals surface area contributed by atoms with E-state index in [0.717, 1.165) is 12.8 Å². The summed E-state index contributed by atoms with van der Waals surface area (Å²) in [7, 11) is 1.64. The maximum Gasteiger partial charge on any atom is 0.242 e. The van der Waals surface area contributed by atoms with Gasteiger partial charge in [-0.05, 0) is 32.6 Å². The third kappa shape index (κ3) is 2.92. The van der Waals surface area contributed by atoms with Crippen molar-refractivity contribution in [2.75, 3.05) is 26.8 Å². The highest BCUT2D eigenvalue weighted by atomic mass is 16.5. The van der Waals surface area contributed by atoms with Crippen LogP contribution >= 0.6 is 0 Å². The second-order valence-corrected chi connectivity index (χ2v) is 4.43. The van der Waals surface area contributed by atoms with Crippen LogP contribution < -0.4 is 5.73 Å². The molecule has 1 unspecified atom stereocenters. The summed E-state index contributed by atoms with van der Waals surface area (Å²) in [6, 6.07) is 0. The summed E-state index contributed by atoms with van der Waals surface area (Å²) in [6.07, 6.45) is 2.17. The molecule has 0 saturated heterocycles. The molecule has 0 radical (unpaired) electrons. The zero-order valence-corrected chi connectivity index (χ0v) is 9.95. The van der Waals surface area contributed by atoms with Gasteiger partial charge in [-0.15, -0.1) is 0 Å². The van der Waals surface area contributed by atoms with Crippen molar-refractivity contribution < 1.29 is 9.53 Å². The molecule has 1 rings (SSSR count). The van der Waals surface area contributed by atoms with Crippen molar-refractivity contribution in [1.82, 2.24) is 4.90 Å². The number of ether oxygens (including phenoxy) is 1. The van der Waals surface area contributed by atoms with Crippen molar-refractivity contribution in [3.63, 3.8) is 0 Å². The summed E-state index contributed by atoms with van der Waals surface area (Å²) < 4.78 is 4.98. The SMILES string of the molecule is CCN(CCOC)C(=O)C(C)(N)C1CC1. The van der Waals surface area contributed by atoms with Gasteiger partial charge in [0.15, 0.2) is 0 Å². The lowest BCUT2D eigenvalue weighted by molar-refractivity contribution is -0.137. The molecule has 15 heavy (non-hydrogen) atoms. The lowest BCUT2D eigenvalue weighted by Gasteiger charge is -2.31. The molecule has 0 aromatic carbocycles. The Labute approximate surface area is 91.8 Å². The van der Waals surface area contributed by atoms with Crippen molar-refractivity contribution in [3.8, 4) is 0 Å². The number of carbonyl (C=O) groups excluding carboxylic acids is 1. The van der Waals surface area contributed by atoms with E-state index >= 15 is 0 Å². The van der Waals surface area contributed by atoms with Gasteiger partial charge < -0.3 is 15.4 Å². The Balaban J connectivity index is 2.54. The quantitative estimate of drug-likeness (QED) is 0.704. The lowest BCUT2D eigenvalue weighted by Crippen LogP contribution is -2.55. The first kappa shape index (κ1) is 12.5. The van der Waals surface area contributed by atoms with E-state index in [1.807, 2.05) is 13.8 Å². The molecule has 2 N–H and O–H groups in total. The molecule has 0 bridgehead atoms. The predicted molar refractivity (Wildman–Crippen MR) is 59.4 cm³/mol. The highest BCUT2D eigenvalue weighted by Crippen LogP contribution is 2.38. The molecule has 0 aromatic rings. The van der Waals surface area contributed by atoms with Gasteiger partial charge in [0, 0.05) is 20.2 Å². The summed E-state index contributed by atoms with van der Waals surface area (Å²) in [4.78, 5) is 13.9. The molecule has 1 fully saturated rings. The zero-order chi connectivity index (χ0) is 11.5. The maximum absolute atomic E-state index is 12.1. The van der Waals surface area contributed by atoms with Crippen LogP contribution in [-0.2, 0) is 9.53 Å². The number of hydrogen-bond acceptors (Lipinski definition) is 3. The van der Waals surface area contributed by atoms with Crippen LogP contribution in [0, 0.1) is 5.92 Å². The molecule has 88 valence electrons. The average Bonchev–Trinajstić information content (AvgIpc) is 3.02. The molecule has 1 amide bonds. The zero-order valence-electron chi connectivity index (χ0n) is 9.95. The second-order valence-electron chi connectivity index (χ2n) is 4.43. The largest absolute Gasteiger partial charge is 0.383 e. The Morgan fingerprint density at radius 1 is 1.60 bits per heavy atom. The van der Waals surface area contributed by atoms with Crippen LogP contribution in [0.25, 0.3) is 0 Å². The number of carbonyl (C=O) groups is 1. The Hall–Kier alpha value is -0.610. The monoisotopic (exact) mass is 214 g/mol. The normalized spacial score (nSPS) is 19.7. The van der Waals surface area contributed by atoms with Crippen LogP contribution in [0.1, 0.15) is 26.7 Å².